The minimum atomic E-state index is -0.568. The molecule has 0 saturated heterocycles. The summed E-state index contributed by atoms with van der Waals surface area (Å²) in [6.45, 7) is 3.36. The zero-order valence-electron chi connectivity index (χ0n) is 12.6. The van der Waals surface area contributed by atoms with Crippen molar-refractivity contribution in [2.75, 3.05) is 30.8 Å². The zero-order chi connectivity index (χ0) is 14.6. The van der Waals surface area contributed by atoms with E-state index in [1.807, 2.05) is 30.1 Å². The van der Waals surface area contributed by atoms with E-state index in [9.17, 15) is 5.11 Å². The van der Waals surface area contributed by atoms with Gasteiger partial charge < -0.3 is 20.5 Å². The number of nitrogen functional groups attached to an aromatic ring is 1. The highest BCUT2D eigenvalue weighted by Crippen LogP contribution is 2.35. The summed E-state index contributed by atoms with van der Waals surface area (Å²) in [4.78, 5) is 2.04. The Bertz CT molecular complexity index is 442. The molecule has 1 aromatic rings. The molecule has 1 fully saturated rings. The fourth-order valence-electron chi connectivity index (χ4n) is 2.92. The van der Waals surface area contributed by atoms with E-state index in [1.54, 1.807) is 0 Å². The minimum absolute atomic E-state index is 0.568. The van der Waals surface area contributed by atoms with Crippen LogP contribution in [0.25, 0.3) is 0 Å². The molecule has 0 atom stereocenters. The first kappa shape index (κ1) is 15.0. The molecular formula is C16H26N2O2. The van der Waals surface area contributed by atoms with E-state index in [-0.39, 0.29) is 0 Å². The highest BCUT2D eigenvalue weighted by atomic mass is 16.5. The first-order chi connectivity index (χ1) is 9.56. The van der Waals surface area contributed by atoms with Gasteiger partial charge in [0.1, 0.15) is 5.75 Å². The van der Waals surface area contributed by atoms with Gasteiger partial charge in [-0.2, -0.15) is 0 Å². The summed E-state index contributed by atoms with van der Waals surface area (Å²) in [6, 6.07) is 5.82. The molecule has 0 heterocycles. The fraction of sp³-hybridized carbons (Fsp3) is 0.625. The standard InChI is InChI=1S/C16H26N2O2/c1-3-11-20-14-8-6-7-13(15(14)17)18(2)12-16(19)9-4-5-10-16/h6-8,19H,3-5,9-12,17H2,1-2H3. The summed E-state index contributed by atoms with van der Waals surface area (Å²) >= 11 is 0. The van der Waals surface area contributed by atoms with Crippen molar-refractivity contribution in [3.63, 3.8) is 0 Å². The molecule has 4 heteroatoms. The minimum Gasteiger partial charge on any atom is -0.491 e. The topological polar surface area (TPSA) is 58.7 Å². The van der Waals surface area contributed by atoms with Crippen LogP contribution in [-0.2, 0) is 0 Å². The van der Waals surface area contributed by atoms with Crippen molar-refractivity contribution in [3.05, 3.63) is 18.2 Å². The van der Waals surface area contributed by atoms with Gasteiger partial charge in [-0.3, -0.25) is 0 Å². The number of para-hydroxylation sites is 1. The SMILES string of the molecule is CCCOc1cccc(N(C)CC2(O)CCCC2)c1N. The number of hydrogen-bond donors (Lipinski definition) is 2. The molecule has 4 nitrogen and oxygen atoms in total. The van der Waals surface area contributed by atoms with E-state index in [0.717, 1.165) is 43.5 Å². The maximum Gasteiger partial charge on any atom is 0.144 e. The molecule has 20 heavy (non-hydrogen) atoms. The van der Waals surface area contributed by atoms with Crippen LogP contribution in [0.15, 0.2) is 18.2 Å². The molecule has 1 aliphatic carbocycles. The van der Waals surface area contributed by atoms with Gasteiger partial charge in [0.15, 0.2) is 0 Å². The lowest BCUT2D eigenvalue weighted by molar-refractivity contribution is 0.0559. The third-order valence-corrected chi connectivity index (χ3v) is 3.98. The van der Waals surface area contributed by atoms with Gasteiger partial charge in [0, 0.05) is 13.6 Å². The van der Waals surface area contributed by atoms with Crippen LogP contribution in [0.3, 0.4) is 0 Å². The Kier molecular flexibility index (Phi) is 4.76. The van der Waals surface area contributed by atoms with E-state index in [2.05, 4.69) is 6.92 Å². The van der Waals surface area contributed by atoms with Gasteiger partial charge in [-0.15, -0.1) is 0 Å². The van der Waals surface area contributed by atoms with Gasteiger partial charge in [0.05, 0.1) is 23.6 Å². The number of benzene rings is 1. The molecule has 0 unspecified atom stereocenters. The van der Waals surface area contributed by atoms with Gasteiger partial charge in [-0.25, -0.2) is 0 Å². The summed E-state index contributed by atoms with van der Waals surface area (Å²) in [5, 5.41) is 10.5. The molecule has 1 saturated carbocycles. The maximum atomic E-state index is 10.5. The molecule has 1 aromatic carbocycles. The second kappa shape index (κ2) is 6.35. The van der Waals surface area contributed by atoms with Crippen LogP contribution in [-0.4, -0.2) is 30.9 Å². The Labute approximate surface area is 121 Å². The van der Waals surface area contributed by atoms with E-state index >= 15 is 0 Å². The van der Waals surface area contributed by atoms with Crippen LogP contribution in [0.4, 0.5) is 11.4 Å². The normalized spacial score (nSPS) is 17.1. The number of likely N-dealkylation sites (N-methyl/N-ethyl adjacent to an activating group) is 1. The summed E-state index contributed by atoms with van der Waals surface area (Å²) in [6.07, 6.45) is 4.94. The van der Waals surface area contributed by atoms with Crippen molar-refractivity contribution in [1.82, 2.24) is 0 Å². The van der Waals surface area contributed by atoms with Crippen LogP contribution >= 0.6 is 0 Å². The summed E-state index contributed by atoms with van der Waals surface area (Å²) in [5.41, 5.74) is 7.21. The van der Waals surface area contributed by atoms with Crippen molar-refractivity contribution in [3.8, 4) is 5.75 Å². The average Bonchev–Trinajstić information content (AvgIpc) is 2.84. The summed E-state index contributed by atoms with van der Waals surface area (Å²) < 4.78 is 5.66. The first-order valence-electron chi connectivity index (χ1n) is 7.50. The van der Waals surface area contributed by atoms with Gasteiger partial charge >= 0.3 is 0 Å². The molecule has 0 amide bonds. The Morgan fingerprint density at radius 2 is 2.05 bits per heavy atom. The molecule has 2 rings (SSSR count). The first-order valence-corrected chi connectivity index (χ1v) is 7.50. The van der Waals surface area contributed by atoms with Gasteiger partial charge in [-0.1, -0.05) is 25.8 Å². The van der Waals surface area contributed by atoms with Crippen molar-refractivity contribution in [2.45, 2.75) is 44.6 Å². The molecule has 0 aromatic heterocycles. The van der Waals surface area contributed by atoms with Crippen LogP contribution in [0.1, 0.15) is 39.0 Å². The molecule has 0 bridgehead atoms. The lowest BCUT2D eigenvalue weighted by Gasteiger charge is -2.31. The van der Waals surface area contributed by atoms with E-state index in [4.69, 9.17) is 10.5 Å². The monoisotopic (exact) mass is 278 g/mol. The van der Waals surface area contributed by atoms with Crippen LogP contribution < -0.4 is 15.4 Å². The van der Waals surface area contributed by atoms with Crippen molar-refractivity contribution < 1.29 is 9.84 Å². The van der Waals surface area contributed by atoms with Gasteiger partial charge in [-0.05, 0) is 31.4 Å². The van der Waals surface area contributed by atoms with E-state index in [0.29, 0.717) is 18.8 Å². The molecule has 0 radical (unpaired) electrons. The highest BCUT2D eigenvalue weighted by Gasteiger charge is 2.32. The number of nitrogens with zero attached hydrogens (tertiary/aromatic N) is 1. The molecule has 112 valence electrons. The lowest BCUT2D eigenvalue weighted by atomic mass is 10.0. The van der Waals surface area contributed by atoms with Crippen molar-refractivity contribution >= 4 is 11.4 Å². The predicted molar refractivity (Wildman–Crippen MR) is 83.3 cm³/mol. The van der Waals surface area contributed by atoms with Gasteiger partial charge in [0.2, 0.25) is 0 Å². The van der Waals surface area contributed by atoms with Crippen molar-refractivity contribution in [1.29, 1.82) is 0 Å². The lowest BCUT2D eigenvalue weighted by Crippen LogP contribution is -2.39. The fourth-order valence-corrected chi connectivity index (χ4v) is 2.92. The predicted octanol–water partition coefficient (Wildman–Crippen LogP) is 2.80. The summed E-state index contributed by atoms with van der Waals surface area (Å²) in [5.74, 6) is 0.731. The number of rotatable bonds is 6. The molecular weight excluding hydrogens is 252 g/mol. The molecule has 0 spiro atoms. The van der Waals surface area contributed by atoms with Crippen LogP contribution in [0.2, 0.25) is 0 Å². The smallest absolute Gasteiger partial charge is 0.144 e. The number of anilines is 2. The molecule has 1 aliphatic rings. The van der Waals surface area contributed by atoms with Crippen molar-refractivity contribution in [2.24, 2.45) is 0 Å². The second-order valence-corrected chi connectivity index (χ2v) is 5.82. The number of aliphatic hydroxyl groups is 1. The van der Waals surface area contributed by atoms with E-state index in [1.165, 1.54) is 0 Å². The Morgan fingerprint density at radius 3 is 2.70 bits per heavy atom. The van der Waals surface area contributed by atoms with Crippen LogP contribution in [0.5, 0.6) is 5.75 Å². The highest BCUT2D eigenvalue weighted by molar-refractivity contribution is 5.73. The number of ether oxygens (including phenoxy) is 1. The third kappa shape index (κ3) is 3.37. The number of hydrogen-bond acceptors (Lipinski definition) is 4. The average molecular weight is 278 g/mol. The zero-order valence-corrected chi connectivity index (χ0v) is 12.6. The van der Waals surface area contributed by atoms with Gasteiger partial charge in [0.25, 0.3) is 0 Å². The number of nitrogens with two attached hydrogens (primary N) is 1. The second-order valence-electron chi connectivity index (χ2n) is 5.82. The summed E-state index contributed by atoms with van der Waals surface area (Å²) in [7, 11) is 1.98. The maximum absolute atomic E-state index is 10.5. The molecule has 3 N–H and O–H groups in total. The Balaban J connectivity index is 2.11. The van der Waals surface area contributed by atoms with Crippen LogP contribution in [0, 0.1) is 0 Å². The largest absolute Gasteiger partial charge is 0.491 e. The van der Waals surface area contributed by atoms with E-state index < -0.39 is 5.60 Å². The Hall–Kier alpha value is -1.42. The Morgan fingerprint density at radius 1 is 1.35 bits per heavy atom. The molecule has 0 aliphatic heterocycles. The third-order valence-electron chi connectivity index (χ3n) is 3.98. The quantitative estimate of drug-likeness (QED) is 0.786.